The molecule has 0 aromatic carbocycles. The minimum atomic E-state index is -4.30. The van der Waals surface area contributed by atoms with Crippen LogP contribution in [0, 0.1) is 0 Å². The molecule has 0 saturated heterocycles. The van der Waals surface area contributed by atoms with Crippen LogP contribution in [-0.4, -0.2) is 53.8 Å². The summed E-state index contributed by atoms with van der Waals surface area (Å²) in [7, 11) is -4.30. The lowest BCUT2D eigenvalue weighted by Gasteiger charge is -2.20. The molecule has 0 spiro atoms. The molecule has 0 rings (SSSR count). The van der Waals surface area contributed by atoms with Crippen LogP contribution in [0.3, 0.4) is 0 Å². The average Bonchev–Trinajstić information content (AvgIpc) is 2.21. The number of rotatable bonds is 7. The second-order valence-corrected chi connectivity index (χ2v) is 5.32. The topological polar surface area (TPSA) is 147 Å². The molecule has 0 aromatic heterocycles. The number of carbonyl (C=O) groups excluding carboxylic acids is 2. The van der Waals surface area contributed by atoms with Crippen molar-refractivity contribution in [2.75, 3.05) is 5.75 Å². The van der Waals surface area contributed by atoms with Gasteiger partial charge in [0.2, 0.25) is 5.91 Å². The Bertz CT molecular complexity index is 457. The van der Waals surface area contributed by atoms with E-state index in [4.69, 9.17) is 9.66 Å². The number of carboxylic acid groups (broad SMARTS) is 1. The Balaban J connectivity index is 4.47. The predicted molar refractivity (Wildman–Crippen MR) is 61.8 cm³/mol. The summed E-state index contributed by atoms with van der Waals surface area (Å²) < 4.78 is 33.9. The first-order valence-corrected chi connectivity index (χ1v) is 6.78. The standard InChI is InChI=1S/C9H15NO8S/c1-5(8(9(13)14)10-6(2)11)18-7(12)3-4-19(15,16)17/h5,8H,3-4H2,1-2H3,(H,10,11)(H,13,14)(H,15,16,17). The highest BCUT2D eigenvalue weighted by Crippen LogP contribution is 2.03. The third-order valence-electron chi connectivity index (χ3n) is 1.98. The smallest absolute Gasteiger partial charge is 0.330 e. The molecule has 0 aliphatic heterocycles. The molecule has 1 amide bonds. The fourth-order valence-electron chi connectivity index (χ4n) is 1.15. The first kappa shape index (κ1) is 17.3. The fourth-order valence-corrected chi connectivity index (χ4v) is 1.57. The van der Waals surface area contributed by atoms with E-state index < -0.39 is 52.3 Å². The Morgan fingerprint density at radius 3 is 2.21 bits per heavy atom. The SMILES string of the molecule is CC(=O)NC(C(=O)O)C(C)OC(=O)CCS(=O)(=O)O. The molecular weight excluding hydrogens is 282 g/mol. The van der Waals surface area contributed by atoms with Gasteiger partial charge in [0.25, 0.3) is 10.1 Å². The number of hydrogen-bond donors (Lipinski definition) is 3. The zero-order valence-electron chi connectivity index (χ0n) is 10.3. The molecule has 10 heteroatoms. The molecule has 19 heavy (non-hydrogen) atoms. The lowest BCUT2D eigenvalue weighted by atomic mass is 10.2. The van der Waals surface area contributed by atoms with Crippen molar-refractivity contribution < 1.29 is 37.2 Å². The monoisotopic (exact) mass is 297 g/mol. The molecule has 0 fully saturated rings. The number of carbonyl (C=O) groups is 3. The van der Waals surface area contributed by atoms with E-state index in [2.05, 4.69) is 10.1 Å². The molecule has 3 N–H and O–H groups in total. The number of ether oxygens (including phenoxy) is 1. The van der Waals surface area contributed by atoms with Crippen LogP contribution in [0.15, 0.2) is 0 Å². The largest absolute Gasteiger partial charge is 0.480 e. The van der Waals surface area contributed by atoms with E-state index in [1.54, 1.807) is 0 Å². The van der Waals surface area contributed by atoms with E-state index in [0.717, 1.165) is 6.92 Å². The van der Waals surface area contributed by atoms with Crippen molar-refractivity contribution in [1.82, 2.24) is 5.32 Å². The second kappa shape index (κ2) is 7.04. The van der Waals surface area contributed by atoms with E-state index in [0.29, 0.717) is 0 Å². The fraction of sp³-hybridized carbons (Fsp3) is 0.667. The zero-order valence-corrected chi connectivity index (χ0v) is 11.1. The van der Waals surface area contributed by atoms with Crippen LogP contribution in [0.25, 0.3) is 0 Å². The summed E-state index contributed by atoms with van der Waals surface area (Å²) in [5, 5.41) is 10.9. The second-order valence-electron chi connectivity index (χ2n) is 3.75. The third kappa shape index (κ3) is 8.11. The van der Waals surface area contributed by atoms with Crippen molar-refractivity contribution >= 4 is 28.0 Å². The van der Waals surface area contributed by atoms with Gasteiger partial charge >= 0.3 is 11.9 Å². The molecule has 0 aromatic rings. The lowest BCUT2D eigenvalue weighted by molar-refractivity contribution is -0.155. The number of amides is 1. The molecule has 9 nitrogen and oxygen atoms in total. The Morgan fingerprint density at radius 1 is 1.32 bits per heavy atom. The highest BCUT2D eigenvalue weighted by atomic mass is 32.2. The van der Waals surface area contributed by atoms with Gasteiger partial charge in [0.05, 0.1) is 12.2 Å². The van der Waals surface area contributed by atoms with E-state index in [-0.39, 0.29) is 0 Å². The number of esters is 1. The van der Waals surface area contributed by atoms with Gasteiger partial charge in [-0.15, -0.1) is 0 Å². The molecule has 0 aliphatic rings. The van der Waals surface area contributed by atoms with Crippen LogP contribution in [0.1, 0.15) is 20.3 Å². The van der Waals surface area contributed by atoms with Crippen LogP contribution < -0.4 is 5.32 Å². The summed E-state index contributed by atoms with van der Waals surface area (Å²) in [6, 6.07) is -1.44. The molecule has 2 atom stereocenters. The number of carboxylic acids is 1. The molecule has 0 heterocycles. The van der Waals surface area contributed by atoms with Gasteiger partial charge in [-0.25, -0.2) is 4.79 Å². The first-order valence-electron chi connectivity index (χ1n) is 5.17. The van der Waals surface area contributed by atoms with Crippen LogP contribution in [-0.2, 0) is 29.2 Å². The molecule has 2 unspecified atom stereocenters. The third-order valence-corrected chi connectivity index (χ3v) is 2.70. The highest BCUT2D eigenvalue weighted by molar-refractivity contribution is 7.85. The van der Waals surface area contributed by atoms with Gasteiger partial charge in [-0.1, -0.05) is 0 Å². The van der Waals surface area contributed by atoms with Crippen molar-refractivity contribution in [3.05, 3.63) is 0 Å². The highest BCUT2D eigenvalue weighted by Gasteiger charge is 2.28. The summed E-state index contributed by atoms with van der Waals surface area (Å²) in [6.45, 7) is 2.34. The van der Waals surface area contributed by atoms with Gasteiger partial charge in [0.1, 0.15) is 6.10 Å². The Morgan fingerprint density at radius 2 is 1.84 bits per heavy atom. The quantitative estimate of drug-likeness (QED) is 0.391. The zero-order chi connectivity index (χ0) is 15.2. The number of aliphatic carboxylic acids is 1. The van der Waals surface area contributed by atoms with Gasteiger partial charge in [-0.05, 0) is 6.92 Å². The van der Waals surface area contributed by atoms with Crippen molar-refractivity contribution in [2.45, 2.75) is 32.4 Å². The molecular formula is C9H15NO8S. The summed E-state index contributed by atoms with van der Waals surface area (Å²) in [5.74, 6) is -3.84. The minimum absolute atomic E-state index is 0.615. The summed E-state index contributed by atoms with van der Waals surface area (Å²) in [5.41, 5.74) is 0. The molecule has 0 bridgehead atoms. The van der Waals surface area contributed by atoms with E-state index in [1.165, 1.54) is 6.92 Å². The van der Waals surface area contributed by atoms with E-state index in [9.17, 15) is 22.8 Å². The summed E-state index contributed by atoms with van der Waals surface area (Å²) in [6.07, 6.45) is -1.80. The maximum Gasteiger partial charge on any atom is 0.330 e. The molecule has 110 valence electrons. The number of nitrogens with one attached hydrogen (secondary N) is 1. The lowest BCUT2D eigenvalue weighted by Crippen LogP contribution is -2.48. The molecule has 0 radical (unpaired) electrons. The Hall–Kier alpha value is -1.68. The van der Waals surface area contributed by atoms with Crippen molar-refractivity contribution in [3.8, 4) is 0 Å². The van der Waals surface area contributed by atoms with Crippen molar-refractivity contribution in [2.24, 2.45) is 0 Å². The van der Waals surface area contributed by atoms with Gasteiger partial charge < -0.3 is 15.2 Å². The summed E-state index contributed by atoms with van der Waals surface area (Å²) >= 11 is 0. The Labute approximate surface area is 109 Å². The maximum absolute atomic E-state index is 11.2. The first-order chi connectivity index (χ1) is 8.53. The Kier molecular flexibility index (Phi) is 6.42. The maximum atomic E-state index is 11.2. The molecule has 0 aliphatic carbocycles. The van der Waals surface area contributed by atoms with Crippen LogP contribution in [0.4, 0.5) is 0 Å². The van der Waals surface area contributed by atoms with Gasteiger partial charge in [0.15, 0.2) is 6.04 Å². The van der Waals surface area contributed by atoms with Gasteiger partial charge in [-0.3, -0.25) is 14.1 Å². The van der Waals surface area contributed by atoms with E-state index >= 15 is 0 Å². The van der Waals surface area contributed by atoms with Gasteiger partial charge in [0, 0.05) is 6.92 Å². The van der Waals surface area contributed by atoms with Crippen molar-refractivity contribution in [3.63, 3.8) is 0 Å². The van der Waals surface area contributed by atoms with Crippen LogP contribution in [0.2, 0.25) is 0 Å². The average molecular weight is 297 g/mol. The van der Waals surface area contributed by atoms with E-state index in [1.807, 2.05) is 0 Å². The van der Waals surface area contributed by atoms with Crippen LogP contribution in [0.5, 0.6) is 0 Å². The summed E-state index contributed by atoms with van der Waals surface area (Å²) in [4.78, 5) is 32.8. The van der Waals surface area contributed by atoms with Crippen molar-refractivity contribution in [1.29, 1.82) is 0 Å². The predicted octanol–water partition coefficient (Wildman–Crippen LogP) is -1.21. The normalized spacial score (nSPS) is 14.3. The number of hydrogen-bond acceptors (Lipinski definition) is 6. The van der Waals surface area contributed by atoms with Crippen LogP contribution >= 0.6 is 0 Å². The molecule has 0 saturated carbocycles. The minimum Gasteiger partial charge on any atom is -0.480 e. The van der Waals surface area contributed by atoms with Gasteiger partial charge in [-0.2, -0.15) is 8.42 Å².